The molecule has 0 aliphatic carbocycles. The fourth-order valence-electron chi connectivity index (χ4n) is 2.35. The molecule has 1 N–H and O–H groups in total. The van der Waals surface area contributed by atoms with Crippen molar-refractivity contribution in [1.82, 2.24) is 14.0 Å². The second-order valence-electron chi connectivity index (χ2n) is 5.24. The molecule has 0 aliphatic heterocycles. The van der Waals surface area contributed by atoms with Crippen molar-refractivity contribution < 1.29 is 14.3 Å². The van der Waals surface area contributed by atoms with E-state index in [1.165, 1.54) is 22.7 Å². The summed E-state index contributed by atoms with van der Waals surface area (Å²) in [6.07, 6.45) is 3.51. The van der Waals surface area contributed by atoms with Crippen LogP contribution in [-0.2, 0) is 13.5 Å². The van der Waals surface area contributed by atoms with Gasteiger partial charge in [0.15, 0.2) is 11.5 Å². The summed E-state index contributed by atoms with van der Waals surface area (Å²) >= 11 is 0. The van der Waals surface area contributed by atoms with Crippen molar-refractivity contribution in [3.05, 3.63) is 64.1 Å². The van der Waals surface area contributed by atoms with Crippen molar-refractivity contribution in [1.29, 1.82) is 0 Å². The number of imidazole rings is 1. The number of Topliss-reactive ketones (excluding diaryl/α,β-unsaturated/α-hetero) is 1. The Bertz CT molecular complexity index is 942. The molecular weight excluding hydrogens is 301 g/mol. The minimum Gasteiger partial charge on any atom is -0.501 e. The minimum absolute atomic E-state index is 0.0617. The third-order valence-corrected chi connectivity index (χ3v) is 3.65. The Balaban J connectivity index is 1.88. The van der Waals surface area contributed by atoms with Crippen molar-refractivity contribution in [2.45, 2.75) is 12.8 Å². The predicted molar refractivity (Wildman–Crippen MR) is 81.1 cm³/mol. The summed E-state index contributed by atoms with van der Waals surface area (Å²) < 4.78 is 15.6. The number of benzene rings is 1. The van der Waals surface area contributed by atoms with E-state index in [2.05, 4.69) is 4.98 Å². The van der Waals surface area contributed by atoms with Gasteiger partial charge in [-0.25, -0.2) is 13.8 Å². The minimum atomic E-state index is -0.680. The lowest BCUT2D eigenvalue weighted by atomic mass is 10.1. The van der Waals surface area contributed by atoms with E-state index in [9.17, 15) is 19.1 Å². The first-order valence-corrected chi connectivity index (χ1v) is 7.01. The molecule has 0 fully saturated rings. The lowest BCUT2D eigenvalue weighted by Crippen LogP contribution is -2.19. The first-order chi connectivity index (χ1) is 11.0. The zero-order chi connectivity index (χ0) is 16.6. The van der Waals surface area contributed by atoms with E-state index in [1.54, 1.807) is 29.9 Å². The Morgan fingerprint density at radius 2 is 1.96 bits per heavy atom. The number of fused-ring (bicyclic) bond motifs is 1. The Kier molecular flexibility index (Phi) is 3.69. The van der Waals surface area contributed by atoms with Crippen molar-refractivity contribution in [3.63, 3.8) is 0 Å². The standard InChI is InChI=1S/C16H14FN3O3/c1-19-8-9-20-15(23)14(22)13(18-16(19)20)12(21)7-4-10-2-5-11(17)6-3-10/h2-3,5-6,8-9,22H,4,7H2,1H3. The van der Waals surface area contributed by atoms with E-state index in [4.69, 9.17) is 0 Å². The second-order valence-corrected chi connectivity index (χ2v) is 5.24. The predicted octanol–water partition coefficient (Wildman–Crippen LogP) is 1.69. The number of aromatic hydroxyl groups is 1. The van der Waals surface area contributed by atoms with Crippen LogP contribution in [0, 0.1) is 5.82 Å². The molecule has 23 heavy (non-hydrogen) atoms. The summed E-state index contributed by atoms with van der Waals surface area (Å²) in [6, 6.07) is 5.81. The lowest BCUT2D eigenvalue weighted by Gasteiger charge is -2.05. The SMILES string of the molecule is Cn1ccn2c(=O)c(O)c(C(=O)CCc3ccc(F)cc3)nc12. The van der Waals surface area contributed by atoms with Crippen LogP contribution in [0.25, 0.3) is 5.78 Å². The van der Waals surface area contributed by atoms with Crippen LogP contribution in [0.15, 0.2) is 41.5 Å². The van der Waals surface area contributed by atoms with Crippen LogP contribution in [0.1, 0.15) is 22.5 Å². The molecule has 0 atom stereocenters. The van der Waals surface area contributed by atoms with Crippen LogP contribution in [0.4, 0.5) is 4.39 Å². The Labute approximate surface area is 130 Å². The van der Waals surface area contributed by atoms with Crippen molar-refractivity contribution in [2.24, 2.45) is 7.05 Å². The fourth-order valence-corrected chi connectivity index (χ4v) is 2.35. The van der Waals surface area contributed by atoms with Gasteiger partial charge in [-0.2, -0.15) is 0 Å². The van der Waals surface area contributed by atoms with E-state index >= 15 is 0 Å². The van der Waals surface area contributed by atoms with Crippen LogP contribution in [0.3, 0.4) is 0 Å². The topological polar surface area (TPSA) is 76.6 Å². The average Bonchev–Trinajstić information content (AvgIpc) is 2.91. The molecule has 118 valence electrons. The number of hydrogen-bond donors (Lipinski definition) is 1. The highest BCUT2D eigenvalue weighted by Gasteiger charge is 2.19. The summed E-state index contributed by atoms with van der Waals surface area (Å²) in [4.78, 5) is 28.4. The quantitative estimate of drug-likeness (QED) is 0.743. The van der Waals surface area contributed by atoms with Gasteiger partial charge >= 0.3 is 5.56 Å². The summed E-state index contributed by atoms with van der Waals surface area (Å²) in [7, 11) is 1.69. The number of aromatic nitrogens is 3. The maximum atomic E-state index is 12.9. The monoisotopic (exact) mass is 315 g/mol. The number of carbonyl (C=O) groups is 1. The molecule has 0 radical (unpaired) electrons. The number of ketones is 1. The van der Waals surface area contributed by atoms with Gasteiger partial charge in [0.1, 0.15) is 5.82 Å². The maximum Gasteiger partial charge on any atom is 0.302 e. The van der Waals surface area contributed by atoms with Gasteiger partial charge in [0.25, 0.3) is 0 Å². The van der Waals surface area contributed by atoms with Crippen molar-refractivity contribution in [2.75, 3.05) is 0 Å². The molecule has 2 heterocycles. The van der Waals surface area contributed by atoms with Crippen LogP contribution in [0.5, 0.6) is 5.75 Å². The van der Waals surface area contributed by atoms with Gasteiger partial charge < -0.3 is 9.67 Å². The average molecular weight is 315 g/mol. The normalized spacial score (nSPS) is 11.0. The number of rotatable bonds is 4. The van der Waals surface area contributed by atoms with Gasteiger partial charge in [0, 0.05) is 25.9 Å². The molecule has 6 nitrogen and oxygen atoms in total. The molecule has 0 saturated heterocycles. The highest BCUT2D eigenvalue weighted by molar-refractivity contribution is 5.97. The molecule has 0 spiro atoms. The molecule has 3 aromatic rings. The molecule has 0 unspecified atom stereocenters. The van der Waals surface area contributed by atoms with Crippen molar-refractivity contribution >= 4 is 11.6 Å². The van der Waals surface area contributed by atoms with E-state index in [-0.39, 0.29) is 23.7 Å². The summed E-state index contributed by atoms with van der Waals surface area (Å²) in [5, 5.41) is 9.93. The van der Waals surface area contributed by atoms with Gasteiger partial charge in [-0.05, 0) is 24.1 Å². The van der Waals surface area contributed by atoms with Crippen LogP contribution >= 0.6 is 0 Å². The Hall–Kier alpha value is -2.96. The van der Waals surface area contributed by atoms with Crippen LogP contribution < -0.4 is 5.56 Å². The van der Waals surface area contributed by atoms with E-state index in [1.807, 2.05) is 0 Å². The molecule has 0 saturated carbocycles. The molecule has 0 aliphatic rings. The molecular formula is C16H14FN3O3. The zero-order valence-electron chi connectivity index (χ0n) is 12.4. The number of aryl methyl sites for hydroxylation is 2. The summed E-state index contributed by atoms with van der Waals surface area (Å²) in [5.74, 6) is -1.16. The van der Waals surface area contributed by atoms with Gasteiger partial charge in [-0.3, -0.25) is 9.59 Å². The summed E-state index contributed by atoms with van der Waals surface area (Å²) in [6.45, 7) is 0. The first kappa shape index (κ1) is 15.0. The van der Waals surface area contributed by atoms with E-state index in [0.717, 1.165) is 5.56 Å². The molecule has 3 rings (SSSR count). The number of carbonyl (C=O) groups excluding carboxylic acids is 1. The van der Waals surface area contributed by atoms with Crippen LogP contribution in [-0.4, -0.2) is 24.8 Å². The molecule has 1 aromatic carbocycles. The maximum absolute atomic E-state index is 12.9. The zero-order valence-corrected chi connectivity index (χ0v) is 12.4. The third kappa shape index (κ3) is 2.73. The van der Waals surface area contributed by atoms with Gasteiger partial charge in [-0.15, -0.1) is 0 Å². The Morgan fingerprint density at radius 3 is 2.65 bits per heavy atom. The number of halogens is 1. The summed E-state index contributed by atoms with van der Waals surface area (Å²) in [5.41, 5.74) is -0.129. The Morgan fingerprint density at radius 1 is 1.26 bits per heavy atom. The lowest BCUT2D eigenvalue weighted by molar-refractivity contribution is 0.0975. The van der Waals surface area contributed by atoms with Gasteiger partial charge in [-0.1, -0.05) is 12.1 Å². The largest absolute Gasteiger partial charge is 0.501 e. The van der Waals surface area contributed by atoms with E-state index in [0.29, 0.717) is 6.42 Å². The fraction of sp³-hybridized carbons (Fsp3) is 0.188. The molecule has 7 heteroatoms. The van der Waals surface area contributed by atoms with Crippen molar-refractivity contribution in [3.8, 4) is 5.75 Å². The molecule has 0 bridgehead atoms. The molecule has 2 aromatic heterocycles. The van der Waals surface area contributed by atoms with Gasteiger partial charge in [0.05, 0.1) is 0 Å². The highest BCUT2D eigenvalue weighted by atomic mass is 19.1. The smallest absolute Gasteiger partial charge is 0.302 e. The third-order valence-electron chi connectivity index (χ3n) is 3.65. The van der Waals surface area contributed by atoms with Crippen LogP contribution in [0.2, 0.25) is 0 Å². The molecule has 0 amide bonds. The number of hydrogen-bond acceptors (Lipinski definition) is 4. The number of nitrogens with zero attached hydrogens (tertiary/aromatic N) is 3. The van der Waals surface area contributed by atoms with E-state index < -0.39 is 17.1 Å². The second kappa shape index (κ2) is 5.68. The first-order valence-electron chi connectivity index (χ1n) is 7.01. The van der Waals surface area contributed by atoms with Gasteiger partial charge in [0.2, 0.25) is 11.5 Å². The highest BCUT2D eigenvalue weighted by Crippen LogP contribution is 2.15.